The summed E-state index contributed by atoms with van der Waals surface area (Å²) in [5, 5.41) is 0. The number of carbonyl (C=O) groups excluding carboxylic acids is 2. The van der Waals surface area contributed by atoms with Gasteiger partial charge in [-0.3, -0.25) is 9.69 Å². The van der Waals surface area contributed by atoms with Gasteiger partial charge in [-0.25, -0.2) is 4.79 Å². The third-order valence-electron chi connectivity index (χ3n) is 1.95. The molecule has 100 valence electrons. The third kappa shape index (κ3) is 7.34. The molecule has 0 N–H and O–H groups in total. The van der Waals surface area contributed by atoms with Crippen molar-refractivity contribution in [1.82, 2.24) is 4.90 Å². The van der Waals surface area contributed by atoms with E-state index in [1.807, 2.05) is 6.92 Å². The zero-order valence-corrected chi connectivity index (χ0v) is 10.7. The van der Waals surface area contributed by atoms with E-state index in [1.54, 1.807) is 0 Å². The minimum atomic E-state index is -0.653. The lowest BCUT2D eigenvalue weighted by Gasteiger charge is -2.18. The Balaban J connectivity index is 4.17. The molecule has 0 bridgehead atoms. The highest BCUT2D eigenvalue weighted by Crippen LogP contribution is 1.97. The minimum Gasteiger partial charge on any atom is -0.464 e. The molecule has 5 nitrogen and oxygen atoms in total. The average Bonchev–Trinajstić information content (AvgIpc) is 2.35. The van der Waals surface area contributed by atoms with Gasteiger partial charge in [0.1, 0.15) is 13.2 Å². The summed E-state index contributed by atoms with van der Waals surface area (Å²) < 4.78 is 9.73. The van der Waals surface area contributed by atoms with Gasteiger partial charge in [-0.05, 0) is 6.42 Å². The average molecular weight is 253 g/mol. The van der Waals surface area contributed by atoms with Crippen LogP contribution in [0.2, 0.25) is 0 Å². The maximum Gasteiger partial charge on any atom is 0.411 e. The van der Waals surface area contributed by atoms with Gasteiger partial charge >= 0.3 is 12.1 Å². The van der Waals surface area contributed by atoms with Crippen LogP contribution in [0.5, 0.6) is 0 Å². The zero-order chi connectivity index (χ0) is 13.8. The Morgan fingerprint density at radius 3 is 2.72 bits per heavy atom. The predicted octanol–water partition coefficient (Wildman–Crippen LogP) is 1.59. The molecule has 0 aliphatic carbocycles. The molecule has 5 heteroatoms. The normalized spacial score (nSPS) is 9.11. The molecule has 0 saturated carbocycles. The number of carbonyl (C=O) groups is 2. The number of hydrogen-bond donors (Lipinski definition) is 0. The van der Waals surface area contributed by atoms with Crippen LogP contribution >= 0.6 is 0 Å². The van der Waals surface area contributed by atoms with E-state index in [2.05, 4.69) is 12.5 Å². The van der Waals surface area contributed by atoms with E-state index in [-0.39, 0.29) is 19.7 Å². The van der Waals surface area contributed by atoms with Crippen LogP contribution in [0.25, 0.3) is 0 Å². The van der Waals surface area contributed by atoms with Crippen LogP contribution in [0, 0.1) is 12.3 Å². The number of hydrogen-bond acceptors (Lipinski definition) is 4. The van der Waals surface area contributed by atoms with Crippen LogP contribution in [-0.4, -0.2) is 43.3 Å². The number of nitrogens with zero attached hydrogens (tertiary/aromatic N) is 1. The Hall–Kier alpha value is -1.96. The molecule has 0 saturated heterocycles. The molecule has 0 aliphatic rings. The molecule has 0 aromatic rings. The fourth-order valence-electron chi connectivity index (χ4n) is 1.05. The standard InChI is InChI=1S/C13H19NO4/c1-4-7-10-17-12(15)11-14(8-5-2)13(16)18-9-6-3/h2,6H,3-4,7-11H2,1H3. The van der Waals surface area contributed by atoms with Crippen molar-refractivity contribution >= 4 is 12.1 Å². The number of rotatable bonds is 8. The molecule has 0 rings (SSSR count). The molecule has 0 atom stereocenters. The fraction of sp³-hybridized carbons (Fsp3) is 0.538. The largest absolute Gasteiger partial charge is 0.464 e. The van der Waals surface area contributed by atoms with Crippen molar-refractivity contribution in [2.24, 2.45) is 0 Å². The highest BCUT2D eigenvalue weighted by molar-refractivity contribution is 5.78. The Bertz CT molecular complexity index is 319. The van der Waals surface area contributed by atoms with E-state index in [0.717, 1.165) is 17.7 Å². The van der Waals surface area contributed by atoms with Crippen LogP contribution in [0.4, 0.5) is 4.79 Å². The fourth-order valence-corrected chi connectivity index (χ4v) is 1.05. The Morgan fingerprint density at radius 2 is 2.17 bits per heavy atom. The zero-order valence-electron chi connectivity index (χ0n) is 10.7. The van der Waals surface area contributed by atoms with Crippen LogP contribution in [0.3, 0.4) is 0 Å². The summed E-state index contributed by atoms with van der Waals surface area (Å²) >= 11 is 0. The predicted molar refractivity (Wildman–Crippen MR) is 67.8 cm³/mol. The molecule has 0 spiro atoms. The summed E-state index contributed by atoms with van der Waals surface area (Å²) in [6.45, 7) is 5.63. The van der Waals surface area contributed by atoms with Crippen molar-refractivity contribution in [3.63, 3.8) is 0 Å². The number of amides is 1. The highest BCUT2D eigenvalue weighted by Gasteiger charge is 2.17. The first-order valence-corrected chi connectivity index (χ1v) is 5.77. The second-order valence-electron chi connectivity index (χ2n) is 3.50. The first kappa shape index (κ1) is 16.0. The van der Waals surface area contributed by atoms with Crippen LogP contribution < -0.4 is 0 Å². The van der Waals surface area contributed by atoms with E-state index >= 15 is 0 Å². The molecule has 18 heavy (non-hydrogen) atoms. The van der Waals surface area contributed by atoms with Gasteiger partial charge < -0.3 is 9.47 Å². The van der Waals surface area contributed by atoms with Crippen molar-refractivity contribution in [3.8, 4) is 12.3 Å². The molecular weight excluding hydrogens is 234 g/mol. The van der Waals surface area contributed by atoms with Gasteiger partial charge in [0.25, 0.3) is 0 Å². The van der Waals surface area contributed by atoms with Gasteiger partial charge in [0.05, 0.1) is 13.2 Å². The summed E-state index contributed by atoms with van der Waals surface area (Å²) in [6.07, 6.45) is 7.63. The lowest BCUT2D eigenvalue weighted by atomic mass is 10.4. The summed E-state index contributed by atoms with van der Waals surface area (Å²) in [4.78, 5) is 24.0. The van der Waals surface area contributed by atoms with Crippen LogP contribution in [-0.2, 0) is 14.3 Å². The summed E-state index contributed by atoms with van der Waals surface area (Å²) in [6, 6.07) is 0. The molecule has 0 aliphatic heterocycles. The highest BCUT2D eigenvalue weighted by atomic mass is 16.6. The Labute approximate surface area is 108 Å². The maximum absolute atomic E-state index is 11.5. The van der Waals surface area contributed by atoms with E-state index in [9.17, 15) is 9.59 Å². The third-order valence-corrected chi connectivity index (χ3v) is 1.95. The van der Waals surface area contributed by atoms with Gasteiger partial charge in [0.15, 0.2) is 0 Å². The Morgan fingerprint density at radius 1 is 1.44 bits per heavy atom. The molecule has 0 radical (unpaired) electrons. The Kier molecular flexibility index (Phi) is 9.10. The van der Waals surface area contributed by atoms with Crippen LogP contribution in [0.1, 0.15) is 19.8 Å². The molecule has 0 aromatic carbocycles. The molecule has 0 aromatic heterocycles. The van der Waals surface area contributed by atoms with Gasteiger partial charge in [-0.2, -0.15) is 0 Å². The van der Waals surface area contributed by atoms with Crippen molar-refractivity contribution < 1.29 is 19.1 Å². The second-order valence-corrected chi connectivity index (χ2v) is 3.50. The van der Waals surface area contributed by atoms with Crippen molar-refractivity contribution in [3.05, 3.63) is 12.7 Å². The summed E-state index contributed by atoms with van der Waals surface area (Å²) in [5.41, 5.74) is 0. The smallest absolute Gasteiger partial charge is 0.411 e. The topological polar surface area (TPSA) is 55.8 Å². The number of terminal acetylenes is 1. The first-order valence-electron chi connectivity index (χ1n) is 5.77. The number of unbranched alkanes of at least 4 members (excludes halogenated alkanes) is 1. The van der Waals surface area contributed by atoms with E-state index < -0.39 is 12.1 Å². The van der Waals surface area contributed by atoms with Crippen molar-refractivity contribution in [2.75, 3.05) is 26.3 Å². The molecular formula is C13H19NO4. The monoisotopic (exact) mass is 253 g/mol. The van der Waals surface area contributed by atoms with Gasteiger partial charge in [0.2, 0.25) is 0 Å². The van der Waals surface area contributed by atoms with E-state index in [1.165, 1.54) is 6.08 Å². The lowest BCUT2D eigenvalue weighted by molar-refractivity contribution is -0.144. The van der Waals surface area contributed by atoms with Crippen molar-refractivity contribution in [1.29, 1.82) is 0 Å². The van der Waals surface area contributed by atoms with Crippen LogP contribution in [0.15, 0.2) is 12.7 Å². The number of esters is 1. The molecule has 0 heterocycles. The molecule has 0 unspecified atom stereocenters. The minimum absolute atomic E-state index is 0.00114. The first-order chi connectivity index (χ1) is 8.65. The summed E-state index contributed by atoms with van der Waals surface area (Å²) in [7, 11) is 0. The SMILES string of the molecule is C#CCN(CC(=O)OCCCC)C(=O)OCC=C. The molecule has 1 amide bonds. The van der Waals surface area contributed by atoms with E-state index in [0.29, 0.717) is 6.61 Å². The number of ether oxygens (including phenoxy) is 2. The quantitative estimate of drug-likeness (QED) is 0.285. The maximum atomic E-state index is 11.5. The van der Waals surface area contributed by atoms with Gasteiger partial charge in [-0.15, -0.1) is 6.42 Å². The van der Waals surface area contributed by atoms with E-state index in [4.69, 9.17) is 15.9 Å². The molecule has 0 fully saturated rings. The summed E-state index contributed by atoms with van der Waals surface area (Å²) in [5.74, 6) is 1.80. The lowest BCUT2D eigenvalue weighted by Crippen LogP contribution is -2.37. The second kappa shape index (κ2) is 10.2. The van der Waals surface area contributed by atoms with Gasteiger partial charge in [-0.1, -0.05) is 31.9 Å². The van der Waals surface area contributed by atoms with Gasteiger partial charge in [0, 0.05) is 0 Å². The van der Waals surface area contributed by atoms with Crippen molar-refractivity contribution in [2.45, 2.75) is 19.8 Å².